The zero-order valence-corrected chi connectivity index (χ0v) is 14.3. The maximum atomic E-state index is 11.2. The van der Waals surface area contributed by atoms with E-state index in [1.54, 1.807) is 0 Å². The first-order valence-corrected chi connectivity index (χ1v) is 7.94. The summed E-state index contributed by atoms with van der Waals surface area (Å²) in [5, 5.41) is 15.8. The Morgan fingerprint density at radius 3 is 2.59 bits per heavy atom. The summed E-state index contributed by atoms with van der Waals surface area (Å²) < 4.78 is 6.45. The van der Waals surface area contributed by atoms with Gasteiger partial charge in [-0.2, -0.15) is 0 Å². The number of rotatable bonds is 5. The average molecular weight is 367 g/mol. The highest BCUT2D eigenvalue weighted by Gasteiger charge is 2.28. The smallest absolute Gasteiger partial charge is 0.405 e. The van der Waals surface area contributed by atoms with Gasteiger partial charge in [0.05, 0.1) is 11.7 Å². The van der Waals surface area contributed by atoms with Crippen molar-refractivity contribution in [1.29, 1.82) is 0 Å². The van der Waals surface area contributed by atoms with Gasteiger partial charge < -0.3 is 14.9 Å². The molecule has 2 rings (SSSR count). The van der Waals surface area contributed by atoms with E-state index in [0.717, 1.165) is 22.0 Å². The van der Waals surface area contributed by atoms with Crippen molar-refractivity contribution in [2.75, 3.05) is 0 Å². The van der Waals surface area contributed by atoms with Gasteiger partial charge >= 0.3 is 6.09 Å². The number of amides is 1. The molecule has 0 aliphatic carbocycles. The van der Waals surface area contributed by atoms with Gasteiger partial charge in [-0.1, -0.05) is 53.5 Å². The minimum atomic E-state index is -1.05. The second-order valence-corrected chi connectivity index (χ2v) is 6.25. The van der Waals surface area contributed by atoms with Crippen molar-refractivity contribution in [2.24, 2.45) is 5.92 Å². The summed E-state index contributed by atoms with van der Waals surface area (Å²) in [6, 6.07) is 7.32. The first-order valence-electron chi connectivity index (χ1n) is 7.15. The number of nitrogens with zero attached hydrogens (tertiary/aromatic N) is 1. The van der Waals surface area contributed by atoms with E-state index in [0.29, 0.717) is 11.5 Å². The highest BCUT2D eigenvalue weighted by atomic mass is 79.9. The van der Waals surface area contributed by atoms with E-state index in [4.69, 9.17) is 9.63 Å². The summed E-state index contributed by atoms with van der Waals surface area (Å²) in [5.41, 5.74) is 2.38. The summed E-state index contributed by atoms with van der Waals surface area (Å²) in [5.74, 6) is 0.743. The standard InChI is InChI=1S/C16H19BrN2O3/c1-4-9(2)14(18-16(20)21)13-10(3)19-22-15(13)11-5-7-12(17)8-6-11/h5-9,14,18H,4H2,1-3H3,(H,20,21). The molecule has 0 bridgehead atoms. The van der Waals surface area contributed by atoms with Crippen LogP contribution in [0.4, 0.5) is 4.79 Å². The average Bonchev–Trinajstić information content (AvgIpc) is 2.86. The molecule has 118 valence electrons. The first kappa shape index (κ1) is 16.5. The monoisotopic (exact) mass is 366 g/mol. The van der Waals surface area contributed by atoms with Crippen LogP contribution >= 0.6 is 15.9 Å². The Labute approximate surface area is 137 Å². The van der Waals surface area contributed by atoms with Crippen LogP contribution in [0, 0.1) is 12.8 Å². The number of benzene rings is 1. The molecule has 1 aromatic carbocycles. The number of nitrogens with one attached hydrogen (secondary N) is 1. The quantitative estimate of drug-likeness (QED) is 0.798. The van der Waals surface area contributed by atoms with Gasteiger partial charge in [-0.25, -0.2) is 4.79 Å². The molecule has 5 nitrogen and oxygen atoms in total. The van der Waals surface area contributed by atoms with Crippen LogP contribution in [0.25, 0.3) is 11.3 Å². The van der Waals surface area contributed by atoms with Crippen molar-refractivity contribution in [1.82, 2.24) is 10.5 Å². The van der Waals surface area contributed by atoms with Gasteiger partial charge in [0.25, 0.3) is 0 Å². The molecule has 0 saturated heterocycles. The summed E-state index contributed by atoms with van der Waals surface area (Å²) >= 11 is 3.40. The predicted molar refractivity (Wildman–Crippen MR) is 87.7 cm³/mol. The second-order valence-electron chi connectivity index (χ2n) is 5.33. The van der Waals surface area contributed by atoms with E-state index < -0.39 is 6.09 Å². The topological polar surface area (TPSA) is 75.4 Å². The zero-order valence-electron chi connectivity index (χ0n) is 12.8. The van der Waals surface area contributed by atoms with Gasteiger partial charge in [-0.15, -0.1) is 0 Å². The maximum absolute atomic E-state index is 11.2. The van der Waals surface area contributed by atoms with Gasteiger partial charge in [0.15, 0.2) is 5.76 Å². The Bertz CT molecular complexity index is 652. The van der Waals surface area contributed by atoms with E-state index in [9.17, 15) is 4.79 Å². The van der Waals surface area contributed by atoms with Crippen LogP contribution in [-0.4, -0.2) is 16.4 Å². The second kappa shape index (κ2) is 6.96. The van der Waals surface area contributed by atoms with Crippen LogP contribution in [-0.2, 0) is 0 Å². The third-order valence-electron chi connectivity index (χ3n) is 3.82. The molecule has 1 heterocycles. The molecular weight excluding hydrogens is 348 g/mol. The number of carboxylic acid groups (broad SMARTS) is 1. The number of aryl methyl sites for hydroxylation is 1. The summed E-state index contributed by atoms with van der Waals surface area (Å²) in [7, 11) is 0. The Kier molecular flexibility index (Phi) is 5.24. The van der Waals surface area contributed by atoms with Crippen molar-refractivity contribution in [3.8, 4) is 11.3 Å². The fourth-order valence-corrected chi connectivity index (χ4v) is 2.68. The molecule has 0 aliphatic rings. The van der Waals surface area contributed by atoms with Crippen LogP contribution < -0.4 is 5.32 Å². The lowest BCUT2D eigenvalue weighted by Gasteiger charge is -2.23. The molecule has 0 saturated carbocycles. The van der Waals surface area contributed by atoms with Gasteiger partial charge in [0.2, 0.25) is 0 Å². The molecule has 1 amide bonds. The first-order chi connectivity index (χ1) is 10.4. The molecule has 0 aliphatic heterocycles. The van der Waals surface area contributed by atoms with Gasteiger partial charge in [0.1, 0.15) is 0 Å². The summed E-state index contributed by atoms with van der Waals surface area (Å²) in [6.45, 7) is 5.88. The third kappa shape index (κ3) is 3.50. The molecule has 0 radical (unpaired) electrons. The fourth-order valence-electron chi connectivity index (χ4n) is 2.42. The minimum absolute atomic E-state index is 0.128. The fraction of sp³-hybridized carbons (Fsp3) is 0.375. The van der Waals surface area contributed by atoms with Crippen LogP contribution in [0.15, 0.2) is 33.3 Å². The SMILES string of the molecule is CCC(C)C(NC(=O)O)c1c(C)noc1-c1ccc(Br)cc1. The van der Waals surface area contributed by atoms with Crippen LogP contribution in [0.5, 0.6) is 0 Å². The Morgan fingerprint density at radius 1 is 1.41 bits per heavy atom. The molecule has 2 aromatic rings. The molecule has 2 N–H and O–H groups in total. The molecule has 22 heavy (non-hydrogen) atoms. The summed E-state index contributed by atoms with van der Waals surface area (Å²) in [4.78, 5) is 11.2. The number of hydrogen-bond acceptors (Lipinski definition) is 3. The summed E-state index contributed by atoms with van der Waals surface area (Å²) in [6.07, 6.45) is -0.206. The molecular formula is C16H19BrN2O3. The van der Waals surface area contributed by atoms with Crippen molar-refractivity contribution < 1.29 is 14.4 Å². The Hall–Kier alpha value is -1.82. The van der Waals surface area contributed by atoms with E-state index in [1.807, 2.05) is 45.0 Å². The molecule has 6 heteroatoms. The van der Waals surface area contributed by atoms with Crippen molar-refractivity contribution in [2.45, 2.75) is 33.2 Å². The van der Waals surface area contributed by atoms with E-state index in [-0.39, 0.29) is 12.0 Å². The predicted octanol–water partition coefficient (Wildman–Crippen LogP) is 4.77. The van der Waals surface area contributed by atoms with Crippen molar-refractivity contribution in [3.63, 3.8) is 0 Å². The van der Waals surface area contributed by atoms with E-state index in [1.165, 1.54) is 0 Å². The molecule has 2 atom stereocenters. The number of carbonyl (C=O) groups is 1. The van der Waals surface area contributed by atoms with Crippen molar-refractivity contribution >= 4 is 22.0 Å². The maximum Gasteiger partial charge on any atom is 0.405 e. The van der Waals surface area contributed by atoms with Crippen molar-refractivity contribution in [3.05, 3.63) is 40.0 Å². The van der Waals surface area contributed by atoms with E-state index in [2.05, 4.69) is 26.4 Å². The highest BCUT2D eigenvalue weighted by molar-refractivity contribution is 9.10. The Balaban J connectivity index is 2.50. The van der Waals surface area contributed by atoms with Gasteiger partial charge in [-0.3, -0.25) is 0 Å². The molecule has 1 aromatic heterocycles. The van der Waals surface area contributed by atoms with Crippen LogP contribution in [0.1, 0.15) is 37.6 Å². The van der Waals surface area contributed by atoms with Gasteiger partial charge in [0, 0.05) is 15.6 Å². The molecule has 2 unspecified atom stereocenters. The highest BCUT2D eigenvalue weighted by Crippen LogP contribution is 2.35. The lowest BCUT2D eigenvalue weighted by atomic mass is 9.90. The van der Waals surface area contributed by atoms with E-state index >= 15 is 0 Å². The normalized spacial score (nSPS) is 13.6. The van der Waals surface area contributed by atoms with Crippen LogP contribution in [0.3, 0.4) is 0 Å². The third-order valence-corrected chi connectivity index (χ3v) is 4.35. The largest absolute Gasteiger partial charge is 0.465 e. The number of hydrogen-bond donors (Lipinski definition) is 2. The number of aromatic nitrogens is 1. The minimum Gasteiger partial charge on any atom is -0.465 e. The molecule has 0 fully saturated rings. The Morgan fingerprint density at radius 2 is 2.05 bits per heavy atom. The van der Waals surface area contributed by atoms with Gasteiger partial charge in [-0.05, 0) is 25.0 Å². The number of halogens is 1. The van der Waals surface area contributed by atoms with Crippen LogP contribution in [0.2, 0.25) is 0 Å². The lowest BCUT2D eigenvalue weighted by Crippen LogP contribution is -2.31. The molecule has 0 spiro atoms. The lowest BCUT2D eigenvalue weighted by molar-refractivity contribution is 0.184. The zero-order chi connectivity index (χ0) is 16.3.